The van der Waals surface area contributed by atoms with Crippen LogP contribution in [0.2, 0.25) is 0 Å². The number of fused-ring (bicyclic) bond motifs is 18. The van der Waals surface area contributed by atoms with E-state index in [2.05, 4.69) is 447 Å². The third kappa shape index (κ3) is 11.2. The van der Waals surface area contributed by atoms with Crippen LogP contribution in [0.5, 0.6) is 0 Å². The standard InChI is InChI=1S/C110H97BN6/c1-106(2,3)70-46-42-68(43-47-70)85-62-72(108(7,8)9)50-58-93(85)116-97-66-77(114-89-38-26-22-34-79(89)81-54-60-95-101(104(81)114)83-36-24-28-40-91(83)112(95)75-30-18-16-19-31-75)52-56-87(97)111-88-57-53-78(115-90-39-27-23-35-80(90)82-55-61-96-102(105(82)115)84-37-25-29-41-92(84)113(96)76-32-20-17-21-33-76)67-98(88)117(100-65-74(110(13,14)15)64-99(116)103(100)111)94-59-51-73(109(10,11)12)63-86(94)69-44-48-71(49-45-69)107(4,5)6/h16-67H,1-15H3. The number of hydrogen-bond acceptors (Lipinski definition) is 2. The molecule has 0 aliphatic carbocycles. The highest BCUT2D eigenvalue weighted by Crippen LogP contribution is 2.54. The fourth-order valence-corrected chi connectivity index (χ4v) is 19.6. The first kappa shape index (κ1) is 71.9. The van der Waals surface area contributed by atoms with E-state index in [1.807, 2.05) is 0 Å². The molecule has 0 atom stereocenters. The largest absolute Gasteiger partial charge is 0.311 e. The number of aromatic nitrogens is 4. The monoisotopic (exact) mass is 1510 g/mol. The fourth-order valence-electron chi connectivity index (χ4n) is 19.6. The molecule has 0 saturated carbocycles. The minimum Gasteiger partial charge on any atom is -0.311 e. The maximum atomic E-state index is 2.72. The molecule has 19 aromatic rings. The minimum atomic E-state index is -0.327. The molecule has 0 spiro atoms. The first-order valence-corrected chi connectivity index (χ1v) is 41.8. The maximum Gasteiger partial charge on any atom is 0.252 e. The molecule has 0 radical (unpaired) electrons. The third-order valence-electron chi connectivity index (χ3n) is 25.7. The van der Waals surface area contributed by atoms with Gasteiger partial charge in [-0.25, -0.2) is 0 Å². The second-order valence-electron chi connectivity index (χ2n) is 38.2. The van der Waals surface area contributed by atoms with Crippen LogP contribution in [-0.2, 0) is 27.1 Å². The van der Waals surface area contributed by atoms with E-state index >= 15 is 0 Å². The first-order valence-electron chi connectivity index (χ1n) is 41.8. The lowest BCUT2D eigenvalue weighted by Crippen LogP contribution is -2.61. The molecule has 0 unspecified atom stereocenters. The van der Waals surface area contributed by atoms with Crippen LogP contribution in [0.3, 0.4) is 0 Å². The SMILES string of the molecule is CC(C)(C)c1ccc(-c2cc(C(C)(C)C)ccc2N2c3cc(-n4c5ccccc5c5ccc6c(c7ccccc7n6-c6ccccc6)c54)ccc3B3c4ccc(-n5c6ccccc6c6ccc7c(c8ccccc8n7-c7ccccc7)c65)cc4N(c4ccc(C(C)(C)C)cc4-c4ccc(C(C)(C)C)cc4)c4cc(C(C)(C)C)cc2c43)cc1. The summed E-state index contributed by atoms with van der Waals surface area (Å²) in [6, 6.07) is 122. The zero-order valence-corrected chi connectivity index (χ0v) is 69.8. The van der Waals surface area contributed by atoms with Crippen LogP contribution in [0, 0.1) is 0 Å². The zero-order chi connectivity index (χ0) is 80.3. The van der Waals surface area contributed by atoms with E-state index in [9.17, 15) is 0 Å². The molecule has 0 saturated heterocycles. The van der Waals surface area contributed by atoms with Crippen LogP contribution in [0.4, 0.5) is 34.1 Å². The van der Waals surface area contributed by atoms with Gasteiger partial charge < -0.3 is 28.1 Å². The first-order chi connectivity index (χ1) is 56.2. The van der Waals surface area contributed by atoms with Gasteiger partial charge >= 0.3 is 0 Å². The zero-order valence-electron chi connectivity index (χ0n) is 69.8. The van der Waals surface area contributed by atoms with Crippen molar-refractivity contribution in [3.05, 3.63) is 343 Å². The molecule has 0 bridgehead atoms. The van der Waals surface area contributed by atoms with Gasteiger partial charge in [0.1, 0.15) is 0 Å². The third-order valence-corrected chi connectivity index (χ3v) is 25.7. The van der Waals surface area contributed by atoms with E-state index in [1.165, 1.54) is 154 Å². The van der Waals surface area contributed by atoms with Gasteiger partial charge in [0.05, 0.1) is 55.5 Å². The van der Waals surface area contributed by atoms with E-state index in [4.69, 9.17) is 0 Å². The van der Waals surface area contributed by atoms with Crippen LogP contribution in [0.25, 0.3) is 132 Å². The molecule has 15 aromatic carbocycles. The van der Waals surface area contributed by atoms with Crippen molar-refractivity contribution >= 4 is 144 Å². The number of benzene rings is 15. The van der Waals surface area contributed by atoms with Crippen molar-refractivity contribution in [1.82, 2.24) is 18.3 Å². The number of anilines is 6. The van der Waals surface area contributed by atoms with E-state index in [0.29, 0.717) is 0 Å². The maximum absolute atomic E-state index is 2.72. The Hall–Kier alpha value is -12.8. The molecular formula is C110H97BN6. The lowest BCUT2D eigenvalue weighted by molar-refractivity contribution is 0.589. The summed E-state index contributed by atoms with van der Waals surface area (Å²) in [5.41, 5.74) is 34.8. The molecule has 7 heteroatoms. The molecule has 4 aromatic heterocycles. The Labute approximate surface area is 687 Å². The molecule has 0 fully saturated rings. The van der Waals surface area contributed by atoms with Crippen molar-refractivity contribution in [2.24, 2.45) is 0 Å². The van der Waals surface area contributed by atoms with Crippen LogP contribution in [0.15, 0.2) is 315 Å². The van der Waals surface area contributed by atoms with E-state index in [1.54, 1.807) is 0 Å². The summed E-state index contributed by atoms with van der Waals surface area (Å²) in [5.74, 6) is 0. The summed E-state index contributed by atoms with van der Waals surface area (Å²) in [5, 5.41) is 9.75. The van der Waals surface area contributed by atoms with Gasteiger partial charge in [-0.3, -0.25) is 0 Å². The van der Waals surface area contributed by atoms with E-state index in [0.717, 1.165) is 56.5 Å². The highest BCUT2D eigenvalue weighted by molar-refractivity contribution is 7.00. The Morgan fingerprint density at radius 1 is 0.214 bits per heavy atom. The minimum absolute atomic E-state index is 0.0426. The second kappa shape index (κ2) is 25.8. The van der Waals surface area contributed by atoms with Gasteiger partial charge in [-0.2, -0.15) is 0 Å². The van der Waals surface area contributed by atoms with Crippen molar-refractivity contribution < 1.29 is 0 Å². The highest BCUT2D eigenvalue weighted by Gasteiger charge is 2.46. The number of para-hydroxylation sites is 6. The molecule has 6 nitrogen and oxygen atoms in total. The Balaban J connectivity index is 0.908. The van der Waals surface area contributed by atoms with Gasteiger partial charge in [-0.15, -0.1) is 0 Å². The van der Waals surface area contributed by atoms with E-state index < -0.39 is 0 Å². The van der Waals surface area contributed by atoms with Crippen LogP contribution >= 0.6 is 0 Å². The van der Waals surface area contributed by atoms with Gasteiger partial charge in [0.25, 0.3) is 6.71 Å². The average molecular weight is 1510 g/mol. The van der Waals surface area contributed by atoms with Crippen LogP contribution in [0.1, 0.15) is 132 Å². The van der Waals surface area contributed by atoms with E-state index in [-0.39, 0.29) is 33.8 Å². The number of rotatable bonds is 8. The quantitative estimate of drug-likeness (QED) is 0.142. The molecule has 0 amide bonds. The van der Waals surface area contributed by atoms with Gasteiger partial charge in [0.2, 0.25) is 0 Å². The molecule has 570 valence electrons. The molecule has 6 heterocycles. The Kier molecular flexibility index (Phi) is 15.9. The molecular weight excluding hydrogens is 1420 g/mol. The smallest absolute Gasteiger partial charge is 0.252 e. The Morgan fingerprint density at radius 2 is 0.547 bits per heavy atom. The van der Waals surface area contributed by atoms with Crippen LogP contribution in [-0.4, -0.2) is 25.0 Å². The summed E-state index contributed by atoms with van der Waals surface area (Å²) in [6.45, 7) is 35.1. The van der Waals surface area contributed by atoms with Gasteiger partial charge in [0.15, 0.2) is 0 Å². The Bertz CT molecular complexity index is 6880. The van der Waals surface area contributed by atoms with Gasteiger partial charge in [-0.05, 0) is 204 Å². The Morgan fingerprint density at radius 3 is 0.915 bits per heavy atom. The topological polar surface area (TPSA) is 26.2 Å². The van der Waals surface area contributed by atoms with Crippen molar-refractivity contribution in [2.75, 3.05) is 9.80 Å². The van der Waals surface area contributed by atoms with Crippen LogP contribution < -0.4 is 26.2 Å². The normalized spacial score (nSPS) is 13.4. The van der Waals surface area contributed by atoms with Gasteiger partial charge in [0, 0.05) is 99.7 Å². The van der Waals surface area contributed by atoms with Crippen molar-refractivity contribution in [3.63, 3.8) is 0 Å². The summed E-state index contributed by atoms with van der Waals surface area (Å²) in [4.78, 5) is 5.43. The summed E-state index contributed by atoms with van der Waals surface area (Å²) in [7, 11) is 0. The predicted molar refractivity (Wildman–Crippen MR) is 502 cm³/mol. The van der Waals surface area contributed by atoms with Crippen molar-refractivity contribution in [2.45, 2.75) is 131 Å². The summed E-state index contributed by atoms with van der Waals surface area (Å²) >= 11 is 0. The molecule has 117 heavy (non-hydrogen) atoms. The average Bonchev–Trinajstić information content (AvgIpc) is 1.59. The predicted octanol–water partition coefficient (Wildman–Crippen LogP) is 28.0. The number of nitrogens with zero attached hydrogens (tertiary/aromatic N) is 6. The lowest BCUT2D eigenvalue weighted by atomic mass is 9.33. The fraction of sp³-hybridized carbons (Fsp3) is 0.182. The van der Waals surface area contributed by atoms with Crippen molar-refractivity contribution in [3.8, 4) is 45.0 Å². The second-order valence-corrected chi connectivity index (χ2v) is 38.2. The molecule has 21 rings (SSSR count). The van der Waals surface area contributed by atoms with Crippen molar-refractivity contribution in [1.29, 1.82) is 0 Å². The number of hydrogen-bond donors (Lipinski definition) is 0. The summed E-state index contributed by atoms with van der Waals surface area (Å²) in [6.07, 6.45) is 0. The lowest BCUT2D eigenvalue weighted by Gasteiger charge is -2.46. The molecule has 2 aliphatic rings. The molecule has 2 aliphatic heterocycles. The summed E-state index contributed by atoms with van der Waals surface area (Å²) < 4.78 is 10.1. The molecule has 0 N–H and O–H groups in total. The van der Waals surface area contributed by atoms with Gasteiger partial charge in [-0.1, -0.05) is 298 Å². The highest BCUT2D eigenvalue weighted by atomic mass is 15.2.